The topological polar surface area (TPSA) is 600 Å². The maximum atomic E-state index is 13.6. The Bertz CT molecular complexity index is 2850. The van der Waals surface area contributed by atoms with Crippen molar-refractivity contribution in [2.24, 2.45) is 0 Å². The lowest BCUT2D eigenvalue weighted by atomic mass is 9.88. The molecular weight excluding hydrogens is 1570 g/mol. The Labute approximate surface area is 697 Å². The summed E-state index contributed by atoms with van der Waals surface area (Å²) in [6.45, 7) is 1.54. The smallest absolute Gasteiger partial charge is 0.364 e. The monoisotopic (exact) mass is 1720 g/mol. The molecule has 0 saturated carbocycles. The molecule has 119 heavy (non-hydrogen) atoms. The van der Waals surface area contributed by atoms with Gasteiger partial charge in [0, 0.05) is 26.7 Å². The number of carboxylic acid groups (broad SMARTS) is 1. The molecule has 0 spiro atoms. The van der Waals surface area contributed by atoms with E-state index in [2.05, 4.69) is 29.8 Å². The van der Waals surface area contributed by atoms with E-state index in [1.807, 2.05) is 6.08 Å². The average molecular weight is 1720 g/mol. The van der Waals surface area contributed by atoms with Gasteiger partial charge in [-0.2, -0.15) is 0 Å². The van der Waals surface area contributed by atoms with Crippen molar-refractivity contribution < 1.29 is 173 Å². The van der Waals surface area contributed by atoms with Crippen LogP contribution in [0.15, 0.2) is 12.2 Å². The molecule has 0 aliphatic carbocycles. The number of allylic oxidation sites excluding steroid dienone is 1. The van der Waals surface area contributed by atoms with Gasteiger partial charge in [0.15, 0.2) is 31.5 Å². The number of carbonyl (C=O) groups is 4. The average Bonchev–Trinajstić information content (AvgIpc) is 0.754. The van der Waals surface area contributed by atoms with Gasteiger partial charge in [-0.3, -0.25) is 14.4 Å². The number of amides is 3. The number of carbonyl (C=O) groups excluding carboxylic acids is 3. The van der Waals surface area contributed by atoms with Crippen LogP contribution in [0.25, 0.3) is 0 Å². The normalized spacial score (nSPS) is 36.2. The summed E-state index contributed by atoms with van der Waals surface area (Å²) in [7, 11) is 0. The number of nitrogens with one attached hydrogen (secondary N) is 3. The van der Waals surface area contributed by atoms with Crippen molar-refractivity contribution in [2.75, 3.05) is 39.6 Å². The number of aliphatic hydroxyl groups excluding tert-OH is 18. The second-order valence-corrected chi connectivity index (χ2v) is 32.8. The fourth-order valence-electron chi connectivity index (χ4n) is 16.1. The van der Waals surface area contributed by atoms with Crippen LogP contribution in [0.4, 0.5) is 0 Å². The molecule has 6 aliphatic heterocycles. The number of aliphatic hydroxyl groups is 18. The van der Waals surface area contributed by atoms with Crippen molar-refractivity contribution in [1.29, 1.82) is 0 Å². The molecule has 6 fully saturated rings. The highest BCUT2D eigenvalue weighted by atomic mass is 16.8. The van der Waals surface area contributed by atoms with E-state index in [4.69, 9.17) is 56.8 Å². The van der Waals surface area contributed by atoms with Crippen LogP contribution in [0, 0.1) is 0 Å². The van der Waals surface area contributed by atoms with Crippen molar-refractivity contribution in [3.8, 4) is 0 Å². The van der Waals surface area contributed by atoms with Crippen LogP contribution in [0.1, 0.15) is 234 Å². The fourth-order valence-corrected chi connectivity index (χ4v) is 16.1. The Kier molecular flexibility index (Phi) is 47.7. The Morgan fingerprint density at radius 2 is 0.866 bits per heavy atom. The van der Waals surface area contributed by atoms with Crippen molar-refractivity contribution in [1.82, 2.24) is 16.0 Å². The molecule has 694 valence electrons. The Hall–Kier alpha value is -3.58. The summed E-state index contributed by atoms with van der Waals surface area (Å²) in [6.07, 6.45) is -23.1. The predicted molar refractivity (Wildman–Crippen MR) is 419 cm³/mol. The van der Waals surface area contributed by atoms with Gasteiger partial charge in [-0.15, -0.1) is 0 Å². The van der Waals surface area contributed by atoms with E-state index >= 15 is 0 Å². The number of unbranched alkanes of at least 4 members (excludes halogenated alkanes) is 27. The van der Waals surface area contributed by atoms with Gasteiger partial charge in [-0.1, -0.05) is 193 Å². The van der Waals surface area contributed by atoms with Crippen LogP contribution >= 0.6 is 0 Å². The van der Waals surface area contributed by atoms with E-state index in [9.17, 15) is 116 Å². The summed E-state index contributed by atoms with van der Waals surface area (Å²) in [4.78, 5) is 52.8. The summed E-state index contributed by atoms with van der Waals surface area (Å²) in [5.41, 5.74) is 0. The number of carboxylic acids is 1. The zero-order valence-electron chi connectivity index (χ0n) is 69.8. The number of hydrogen-bond acceptors (Lipinski definition) is 34. The second-order valence-electron chi connectivity index (χ2n) is 32.8. The molecule has 22 N–H and O–H groups in total. The number of rotatable bonds is 56. The van der Waals surface area contributed by atoms with E-state index in [1.165, 1.54) is 129 Å². The zero-order chi connectivity index (χ0) is 87.5. The first-order chi connectivity index (χ1) is 57.0. The van der Waals surface area contributed by atoms with Crippen LogP contribution in [0.5, 0.6) is 0 Å². The van der Waals surface area contributed by atoms with Gasteiger partial charge in [0.25, 0.3) is 5.79 Å². The van der Waals surface area contributed by atoms with E-state index in [1.54, 1.807) is 6.08 Å². The largest absolute Gasteiger partial charge is 0.477 e. The quantitative estimate of drug-likeness (QED) is 0.0246. The van der Waals surface area contributed by atoms with Crippen molar-refractivity contribution >= 4 is 23.7 Å². The van der Waals surface area contributed by atoms with Gasteiger partial charge in [0.2, 0.25) is 17.7 Å². The molecule has 33 atom stereocenters. The van der Waals surface area contributed by atoms with Crippen molar-refractivity contribution in [2.45, 2.75) is 436 Å². The van der Waals surface area contributed by atoms with E-state index < -0.39 is 266 Å². The number of hydrogen-bond donors (Lipinski definition) is 22. The molecule has 0 aromatic rings. The van der Waals surface area contributed by atoms with Crippen LogP contribution in [-0.4, -0.2) is 362 Å². The molecule has 38 heteroatoms. The minimum Gasteiger partial charge on any atom is -0.477 e. The first kappa shape index (κ1) is 104. The summed E-state index contributed by atoms with van der Waals surface area (Å²) in [5, 5.41) is 221. The maximum Gasteiger partial charge on any atom is 0.364 e. The zero-order valence-corrected chi connectivity index (χ0v) is 69.8. The predicted octanol–water partition coefficient (Wildman–Crippen LogP) is -1.41. The highest BCUT2D eigenvalue weighted by Crippen LogP contribution is 2.41. The molecule has 12 unspecified atom stereocenters. The second kappa shape index (κ2) is 54.4. The van der Waals surface area contributed by atoms with E-state index in [0.717, 1.165) is 65.2 Å². The molecule has 6 rings (SSSR count). The molecule has 0 aromatic carbocycles. The lowest BCUT2D eigenvalue weighted by molar-refractivity contribution is -0.398. The molecule has 6 heterocycles. The fraction of sp³-hybridized carbons (Fsp3) is 0.926. The third-order valence-corrected chi connectivity index (χ3v) is 23.2. The summed E-state index contributed by atoms with van der Waals surface area (Å²) < 4.78 is 72.1. The van der Waals surface area contributed by atoms with Crippen LogP contribution in [0.3, 0.4) is 0 Å². The molecule has 38 nitrogen and oxygen atoms in total. The highest BCUT2D eigenvalue weighted by Gasteiger charge is 2.62. The standard InChI is InChI=1S/C81H145N3O35/c1-6-8-10-12-14-16-18-20-21-22-23-25-27-29-31-33-35-37-56(95)84-48(49(92)36-34-32-30-28-26-24-19-17-15-13-11-9-7-2)44-108-76-66(103)63(100)70(53(41-87)112-76)115-78-67(104)64(101)69(54(42-88)113-78)114-75-58(83-47(5)91)73(71(55(43-89)111-75)116-77-65(102)62(99)59(96)45(3)109-77)117-79-68(105)74(61(98)52(40-86)110-79)119-81(80(106)107)38-50(93)57(82-46(4)90)72(118-81)60(97)51(94)39-85/h34,36,45,48-55,57-79,85-89,92-94,96-105H,6-33,35,37-44H2,1-5H3,(H,82,90)(H,83,91)(H,84,95)(H,106,107)/b36-34+/t45?,48-,49+,50?,51+,52?,53?,54?,55?,57+,58?,59+,60+,61-,62?,63+,64+,65-,66?,67?,68?,69-,70+,71-,72?,73+,74-,75-,76+,77+,78-,79-,81-/m0/s1. The Morgan fingerprint density at radius 3 is 1.36 bits per heavy atom. The lowest BCUT2D eigenvalue weighted by Crippen LogP contribution is -2.72. The maximum absolute atomic E-state index is 13.6. The van der Waals surface area contributed by atoms with Gasteiger partial charge in [-0.25, -0.2) is 4.79 Å². The van der Waals surface area contributed by atoms with Gasteiger partial charge >= 0.3 is 5.97 Å². The van der Waals surface area contributed by atoms with Gasteiger partial charge < -0.3 is 170 Å². The first-order valence-electron chi connectivity index (χ1n) is 43.5. The highest BCUT2D eigenvalue weighted by molar-refractivity contribution is 5.77. The summed E-state index contributed by atoms with van der Waals surface area (Å²) >= 11 is 0. The minimum atomic E-state index is -3.29. The number of aliphatic carboxylic acids is 1. The van der Waals surface area contributed by atoms with Crippen molar-refractivity contribution in [3.05, 3.63) is 12.2 Å². The number of ether oxygens (including phenoxy) is 12. The Balaban J connectivity index is 1.17. The van der Waals surface area contributed by atoms with E-state index in [-0.39, 0.29) is 12.3 Å². The van der Waals surface area contributed by atoms with Crippen LogP contribution < -0.4 is 16.0 Å². The molecule has 0 bridgehead atoms. The minimum absolute atomic E-state index is 0.159. The molecule has 6 saturated heterocycles. The van der Waals surface area contributed by atoms with E-state index in [0.29, 0.717) is 12.8 Å². The molecule has 6 aliphatic rings. The first-order valence-corrected chi connectivity index (χ1v) is 43.5. The SMILES string of the molecule is CCCCCCCCCCCCC/C=C/[C@@H](O)[C@H](CO[C@@H]1OC(CO)[C@@H](O[C@@H]2OC(CO)[C@H](O[C@@H]3OC(CO)[C@H](O[C@H]4OC(C)[C@@H](O)C(O)[C@@H]4O)[C@H](O[C@@H]4OC(CO)[C@H](O)[C@H](O[C@]5(C(=O)O)CC(O)[C@@H](NC(C)=O)C([C@H](O)[C@H](O)CO)O5)C4O)C3NC(C)=O)[C@H](O)C2O)[C@H](O)C1O)NC(=O)CCCCCCCCCCCCCCCCCCC. The molecule has 0 aromatic heterocycles. The summed E-state index contributed by atoms with van der Waals surface area (Å²) in [6, 6.07) is -4.81. The lowest BCUT2D eigenvalue weighted by Gasteiger charge is -2.52. The van der Waals surface area contributed by atoms with Gasteiger partial charge in [0.05, 0.1) is 70.0 Å². The van der Waals surface area contributed by atoms with Crippen LogP contribution in [0.2, 0.25) is 0 Å². The molecule has 0 radical (unpaired) electrons. The third kappa shape index (κ3) is 31.5. The summed E-state index contributed by atoms with van der Waals surface area (Å²) in [5.74, 6) is -7.59. The van der Waals surface area contributed by atoms with Crippen LogP contribution in [-0.2, 0) is 76.0 Å². The molecule has 3 amide bonds. The third-order valence-electron chi connectivity index (χ3n) is 23.2. The van der Waals surface area contributed by atoms with Crippen molar-refractivity contribution in [3.63, 3.8) is 0 Å². The van der Waals surface area contributed by atoms with Gasteiger partial charge in [0.1, 0.15) is 134 Å². The Morgan fingerprint density at radius 1 is 0.454 bits per heavy atom. The molecular formula is C81H145N3O35. The van der Waals surface area contributed by atoms with Gasteiger partial charge in [-0.05, 0) is 26.2 Å².